The van der Waals surface area contributed by atoms with Crippen molar-refractivity contribution in [2.45, 2.75) is 88.4 Å². The number of hydrogen-bond donors (Lipinski definition) is 3. The summed E-state index contributed by atoms with van der Waals surface area (Å²) in [6.07, 6.45) is 12.6. The summed E-state index contributed by atoms with van der Waals surface area (Å²) in [5, 5.41) is 7.86. The number of piperidine rings is 1. The number of nitrogens with two attached hydrogens (primary N) is 1. The summed E-state index contributed by atoms with van der Waals surface area (Å²) in [6.45, 7) is 1.36. The average molecular weight is 537 g/mol. The first-order valence-corrected chi connectivity index (χ1v) is 14.5. The van der Waals surface area contributed by atoms with Crippen molar-refractivity contribution in [3.8, 4) is 0 Å². The second-order valence-electron chi connectivity index (χ2n) is 11.1. The first-order chi connectivity index (χ1) is 18.5. The van der Waals surface area contributed by atoms with Gasteiger partial charge in [-0.3, -0.25) is 4.79 Å². The molecule has 38 heavy (non-hydrogen) atoms. The zero-order valence-electron chi connectivity index (χ0n) is 21.8. The van der Waals surface area contributed by atoms with E-state index >= 15 is 0 Å². The van der Waals surface area contributed by atoms with Crippen molar-refractivity contribution in [2.75, 3.05) is 23.7 Å². The van der Waals surface area contributed by atoms with Crippen molar-refractivity contribution in [1.29, 1.82) is 0 Å². The highest BCUT2D eigenvalue weighted by molar-refractivity contribution is 6.30. The number of nitrogens with one attached hydrogen (secondary N) is 2. The number of rotatable bonds is 6. The Balaban J connectivity index is 1.19. The Bertz CT molecular complexity index is 1270. The van der Waals surface area contributed by atoms with Crippen LogP contribution in [-0.4, -0.2) is 61.5 Å². The van der Waals surface area contributed by atoms with Gasteiger partial charge in [0.1, 0.15) is 0 Å². The number of benzene rings is 1. The van der Waals surface area contributed by atoms with Gasteiger partial charge in [0, 0.05) is 47.8 Å². The lowest BCUT2D eigenvalue weighted by atomic mass is 9.92. The molecule has 1 aliphatic heterocycles. The molecule has 2 aliphatic carbocycles. The van der Waals surface area contributed by atoms with Gasteiger partial charge in [-0.25, -0.2) is 4.98 Å². The van der Waals surface area contributed by atoms with Crippen LogP contribution in [0, 0.1) is 0 Å². The molecule has 2 saturated carbocycles. The fourth-order valence-electron chi connectivity index (χ4n) is 6.20. The van der Waals surface area contributed by atoms with Crippen LogP contribution in [0.1, 0.15) is 80.6 Å². The summed E-state index contributed by atoms with van der Waals surface area (Å²) in [4.78, 5) is 29.5. The van der Waals surface area contributed by atoms with Gasteiger partial charge < -0.3 is 25.8 Å². The second kappa shape index (κ2) is 11.1. The van der Waals surface area contributed by atoms with Gasteiger partial charge >= 0.3 is 0 Å². The van der Waals surface area contributed by atoms with E-state index in [1.807, 2.05) is 23.4 Å². The SMILES string of the molecule is N[C@H]1CC[C@H](Nc2nc(NC3CCN(C(=O)c4cccc(Cl)c4)CC3)c3ncn(C4CCCC4)c3n2)CC1. The number of hydrogen-bond acceptors (Lipinski definition) is 7. The molecule has 3 heterocycles. The van der Waals surface area contributed by atoms with Crippen LogP contribution in [0.3, 0.4) is 0 Å². The molecule has 0 atom stereocenters. The number of imidazole rings is 1. The average Bonchev–Trinajstić information content (AvgIpc) is 3.60. The van der Waals surface area contributed by atoms with Gasteiger partial charge in [0.05, 0.1) is 6.33 Å². The normalized spacial score (nSPS) is 23.2. The Morgan fingerprint density at radius 1 is 0.947 bits per heavy atom. The number of carbonyl (C=O) groups is 1. The van der Waals surface area contributed by atoms with Crippen molar-refractivity contribution in [1.82, 2.24) is 24.4 Å². The molecule has 10 heteroatoms. The molecule has 9 nitrogen and oxygen atoms in total. The maximum absolute atomic E-state index is 13.0. The lowest BCUT2D eigenvalue weighted by molar-refractivity contribution is 0.0718. The fourth-order valence-corrected chi connectivity index (χ4v) is 6.39. The molecule has 6 rings (SSSR count). The third-order valence-corrected chi connectivity index (χ3v) is 8.67. The lowest BCUT2D eigenvalue weighted by Gasteiger charge is -2.33. The molecule has 4 N–H and O–H groups in total. The van der Waals surface area contributed by atoms with Crippen molar-refractivity contribution in [3.05, 3.63) is 41.2 Å². The van der Waals surface area contributed by atoms with Crippen LogP contribution in [0.5, 0.6) is 0 Å². The summed E-state index contributed by atoms with van der Waals surface area (Å²) >= 11 is 6.10. The van der Waals surface area contributed by atoms with E-state index in [2.05, 4.69) is 15.2 Å². The monoisotopic (exact) mass is 536 g/mol. The molecule has 2 aromatic heterocycles. The highest BCUT2D eigenvalue weighted by atomic mass is 35.5. The maximum Gasteiger partial charge on any atom is 0.253 e. The minimum atomic E-state index is 0.0318. The van der Waals surface area contributed by atoms with Gasteiger partial charge in [-0.05, 0) is 69.6 Å². The number of anilines is 2. The molecule has 3 aromatic rings. The first kappa shape index (κ1) is 25.4. The van der Waals surface area contributed by atoms with Crippen molar-refractivity contribution in [2.24, 2.45) is 5.73 Å². The lowest BCUT2D eigenvalue weighted by Crippen LogP contribution is -2.42. The van der Waals surface area contributed by atoms with Gasteiger partial charge in [-0.1, -0.05) is 30.5 Å². The van der Waals surface area contributed by atoms with E-state index in [0.717, 1.165) is 55.5 Å². The molecular formula is C28H37ClN8O. The summed E-state index contributed by atoms with van der Waals surface area (Å²) in [5.41, 5.74) is 8.49. The van der Waals surface area contributed by atoms with Crippen LogP contribution in [0.4, 0.5) is 11.8 Å². The van der Waals surface area contributed by atoms with Gasteiger partial charge in [0.2, 0.25) is 5.95 Å². The summed E-state index contributed by atoms with van der Waals surface area (Å²) in [5.74, 6) is 1.47. The van der Waals surface area contributed by atoms with E-state index in [1.54, 1.807) is 12.1 Å². The molecular weight excluding hydrogens is 500 g/mol. The molecule has 0 spiro atoms. The van der Waals surface area contributed by atoms with Crippen LogP contribution in [0.15, 0.2) is 30.6 Å². The molecule has 0 unspecified atom stereocenters. The number of nitrogens with zero attached hydrogens (tertiary/aromatic N) is 5. The quantitative estimate of drug-likeness (QED) is 0.406. The Morgan fingerprint density at radius 2 is 1.68 bits per heavy atom. The third kappa shape index (κ3) is 5.45. The van der Waals surface area contributed by atoms with E-state index in [9.17, 15) is 4.79 Å². The number of halogens is 1. The second-order valence-corrected chi connectivity index (χ2v) is 11.6. The van der Waals surface area contributed by atoms with Crippen LogP contribution >= 0.6 is 11.6 Å². The molecule has 1 amide bonds. The number of amides is 1. The maximum atomic E-state index is 13.0. The largest absolute Gasteiger partial charge is 0.365 e. The van der Waals surface area contributed by atoms with Crippen LogP contribution in [0.25, 0.3) is 11.2 Å². The predicted molar refractivity (Wildman–Crippen MR) is 151 cm³/mol. The van der Waals surface area contributed by atoms with Crippen molar-refractivity contribution >= 4 is 40.4 Å². The molecule has 202 valence electrons. The number of carbonyl (C=O) groups excluding carboxylic acids is 1. The van der Waals surface area contributed by atoms with E-state index in [4.69, 9.17) is 32.3 Å². The minimum absolute atomic E-state index is 0.0318. The fraction of sp³-hybridized carbons (Fsp3) is 0.571. The Hall–Kier alpha value is -2.91. The van der Waals surface area contributed by atoms with Gasteiger partial charge in [-0.2, -0.15) is 9.97 Å². The van der Waals surface area contributed by atoms with E-state index in [0.29, 0.717) is 47.7 Å². The van der Waals surface area contributed by atoms with E-state index in [-0.39, 0.29) is 11.9 Å². The van der Waals surface area contributed by atoms with Crippen molar-refractivity contribution in [3.63, 3.8) is 0 Å². The molecule has 1 saturated heterocycles. The minimum Gasteiger partial charge on any atom is -0.365 e. The van der Waals surface area contributed by atoms with Gasteiger partial charge in [0.15, 0.2) is 17.0 Å². The molecule has 3 fully saturated rings. The predicted octanol–water partition coefficient (Wildman–Crippen LogP) is 4.99. The van der Waals surface area contributed by atoms with Crippen LogP contribution < -0.4 is 16.4 Å². The topological polar surface area (TPSA) is 114 Å². The first-order valence-electron chi connectivity index (χ1n) is 14.1. The Labute approximate surface area is 228 Å². The van der Waals surface area contributed by atoms with Crippen LogP contribution in [0.2, 0.25) is 5.02 Å². The zero-order valence-corrected chi connectivity index (χ0v) is 22.5. The number of aromatic nitrogens is 4. The molecule has 1 aromatic carbocycles. The number of likely N-dealkylation sites (tertiary alicyclic amines) is 1. The van der Waals surface area contributed by atoms with Crippen LogP contribution in [-0.2, 0) is 0 Å². The Kier molecular flexibility index (Phi) is 7.39. The standard InChI is InChI=1S/C28H37ClN8O/c29-19-5-3-4-18(16-19)27(38)36-14-12-22(13-15-36)32-25-24-26(37(17-31-24)23-6-1-2-7-23)35-28(34-25)33-21-10-8-20(30)9-11-21/h3-5,16-17,20-23H,1-2,6-15,30H2,(H2,32,33,34,35)/t20-,21-. The van der Waals surface area contributed by atoms with Gasteiger partial charge in [0.25, 0.3) is 5.91 Å². The molecule has 3 aliphatic rings. The summed E-state index contributed by atoms with van der Waals surface area (Å²) in [6, 6.07) is 8.46. The highest BCUT2D eigenvalue weighted by Crippen LogP contribution is 2.34. The number of fused-ring (bicyclic) bond motifs is 1. The smallest absolute Gasteiger partial charge is 0.253 e. The Morgan fingerprint density at radius 3 is 2.42 bits per heavy atom. The zero-order chi connectivity index (χ0) is 26.1. The van der Waals surface area contributed by atoms with Gasteiger partial charge in [-0.15, -0.1) is 0 Å². The summed E-state index contributed by atoms with van der Waals surface area (Å²) < 4.78 is 2.25. The van der Waals surface area contributed by atoms with E-state index in [1.165, 1.54) is 25.7 Å². The highest BCUT2D eigenvalue weighted by Gasteiger charge is 2.27. The summed E-state index contributed by atoms with van der Waals surface area (Å²) in [7, 11) is 0. The molecule has 0 radical (unpaired) electrons. The molecule has 0 bridgehead atoms. The third-order valence-electron chi connectivity index (χ3n) is 8.44. The van der Waals surface area contributed by atoms with Crippen molar-refractivity contribution < 1.29 is 4.79 Å². The van der Waals surface area contributed by atoms with E-state index < -0.39 is 0 Å².